The van der Waals surface area contributed by atoms with Gasteiger partial charge in [0, 0.05) is 11.8 Å². The van der Waals surface area contributed by atoms with Crippen LogP contribution in [0.2, 0.25) is 0 Å². The van der Waals surface area contributed by atoms with Crippen LogP contribution in [-0.4, -0.2) is 28.2 Å². The van der Waals surface area contributed by atoms with E-state index >= 15 is 0 Å². The predicted octanol–water partition coefficient (Wildman–Crippen LogP) is 6.71. The molecule has 0 bridgehead atoms. The number of fused-ring (bicyclic) bond motifs is 5. The van der Waals surface area contributed by atoms with E-state index in [1.807, 2.05) is 6.92 Å². The maximum atomic E-state index is 12.9. The number of ketones is 1. The lowest BCUT2D eigenvalue weighted by molar-refractivity contribution is -0.207. The Balaban J connectivity index is 1.59. The second-order valence-corrected chi connectivity index (χ2v) is 14.1. The molecule has 0 radical (unpaired) electrons. The van der Waals surface area contributed by atoms with Gasteiger partial charge in [-0.1, -0.05) is 46.3 Å². The van der Waals surface area contributed by atoms with Crippen molar-refractivity contribution in [3.8, 4) is 0 Å². The van der Waals surface area contributed by atoms with Gasteiger partial charge in [0.05, 0.1) is 12.2 Å². The summed E-state index contributed by atoms with van der Waals surface area (Å²) >= 11 is 0. The minimum atomic E-state index is -0.655. The molecule has 0 aliphatic heterocycles. The van der Waals surface area contributed by atoms with Gasteiger partial charge in [-0.05, 0) is 112 Å². The first-order valence-electron chi connectivity index (χ1n) is 13.8. The van der Waals surface area contributed by atoms with E-state index in [0.717, 1.165) is 37.7 Å². The summed E-state index contributed by atoms with van der Waals surface area (Å²) in [7, 11) is 0. The van der Waals surface area contributed by atoms with Crippen molar-refractivity contribution >= 4 is 5.78 Å². The van der Waals surface area contributed by atoms with Crippen molar-refractivity contribution < 1.29 is 15.0 Å². The van der Waals surface area contributed by atoms with Crippen molar-refractivity contribution in [3.05, 3.63) is 11.6 Å². The molecule has 4 saturated carbocycles. The van der Waals surface area contributed by atoms with E-state index in [9.17, 15) is 15.0 Å². The van der Waals surface area contributed by atoms with E-state index in [2.05, 4.69) is 47.6 Å². The van der Waals surface area contributed by atoms with Gasteiger partial charge in [-0.15, -0.1) is 0 Å². The standard InChI is InChI=1S/C30H50O3/c1-20(19-31)9-8-15-30(7,33)22-12-17-28(5)21(22)10-11-24-27(4)16-14-25(32)26(2,3)23(27)13-18-29(24,28)6/h9,21-24,31,33H,8,10-19H2,1-7H3. The SMILES string of the molecule is CC(=CCCC(C)(O)C1CCC2(C)C1CCC1C3(C)CCC(=O)C(C)(C)C3CCC12C)CO. The highest BCUT2D eigenvalue weighted by atomic mass is 16.3. The van der Waals surface area contributed by atoms with Crippen LogP contribution in [0, 0.1) is 45.3 Å². The molecular formula is C30H50O3. The fraction of sp³-hybridized carbons (Fsp3) is 0.900. The molecule has 3 heteroatoms. The molecule has 4 rings (SSSR count). The Morgan fingerprint density at radius 2 is 1.67 bits per heavy atom. The van der Waals surface area contributed by atoms with Crippen molar-refractivity contribution in [2.45, 2.75) is 118 Å². The highest BCUT2D eigenvalue weighted by Crippen LogP contribution is 2.75. The van der Waals surface area contributed by atoms with Crippen LogP contribution in [0.5, 0.6) is 0 Å². The van der Waals surface area contributed by atoms with Crippen LogP contribution < -0.4 is 0 Å². The molecular weight excluding hydrogens is 408 g/mol. The minimum absolute atomic E-state index is 0.105. The van der Waals surface area contributed by atoms with Crippen LogP contribution >= 0.6 is 0 Å². The molecule has 2 N–H and O–H groups in total. The zero-order valence-electron chi connectivity index (χ0n) is 22.5. The van der Waals surface area contributed by atoms with Crippen LogP contribution in [0.3, 0.4) is 0 Å². The fourth-order valence-corrected chi connectivity index (χ4v) is 10.1. The fourth-order valence-electron chi connectivity index (χ4n) is 10.1. The normalized spacial score (nSPS) is 46.8. The molecule has 33 heavy (non-hydrogen) atoms. The first kappa shape index (κ1) is 25.4. The second-order valence-electron chi connectivity index (χ2n) is 14.1. The Labute approximate surface area is 202 Å². The van der Waals surface area contributed by atoms with Crippen LogP contribution in [0.4, 0.5) is 0 Å². The predicted molar refractivity (Wildman–Crippen MR) is 135 cm³/mol. The molecule has 0 spiro atoms. The van der Waals surface area contributed by atoms with Crippen LogP contribution in [0.1, 0.15) is 113 Å². The maximum absolute atomic E-state index is 12.9. The third-order valence-corrected chi connectivity index (χ3v) is 12.3. The van der Waals surface area contributed by atoms with Gasteiger partial charge < -0.3 is 10.2 Å². The van der Waals surface area contributed by atoms with E-state index < -0.39 is 5.60 Å². The lowest BCUT2D eigenvalue weighted by Crippen LogP contribution is -2.63. The number of hydrogen-bond donors (Lipinski definition) is 2. The van der Waals surface area contributed by atoms with Gasteiger partial charge in [0.1, 0.15) is 5.78 Å². The number of carbonyl (C=O) groups excluding carboxylic acids is 1. The van der Waals surface area contributed by atoms with Gasteiger partial charge >= 0.3 is 0 Å². The van der Waals surface area contributed by atoms with E-state index in [4.69, 9.17) is 0 Å². The first-order chi connectivity index (χ1) is 15.2. The van der Waals surface area contributed by atoms with Gasteiger partial charge in [0.2, 0.25) is 0 Å². The Morgan fingerprint density at radius 3 is 2.33 bits per heavy atom. The topological polar surface area (TPSA) is 57.5 Å². The van der Waals surface area contributed by atoms with Crippen molar-refractivity contribution in [1.29, 1.82) is 0 Å². The molecule has 0 heterocycles. The summed E-state index contributed by atoms with van der Waals surface area (Å²) < 4.78 is 0. The number of aliphatic hydroxyl groups excluding tert-OH is 1. The average molecular weight is 459 g/mol. The van der Waals surface area contributed by atoms with Gasteiger partial charge in [-0.2, -0.15) is 0 Å². The summed E-state index contributed by atoms with van der Waals surface area (Å²) in [5, 5.41) is 20.9. The van der Waals surface area contributed by atoms with Crippen molar-refractivity contribution in [2.75, 3.05) is 6.61 Å². The zero-order chi connectivity index (χ0) is 24.4. The van der Waals surface area contributed by atoms with Gasteiger partial charge in [-0.3, -0.25) is 4.79 Å². The lowest BCUT2D eigenvalue weighted by atomic mass is 9.35. The van der Waals surface area contributed by atoms with Gasteiger partial charge in [-0.25, -0.2) is 0 Å². The van der Waals surface area contributed by atoms with E-state index in [-0.39, 0.29) is 28.3 Å². The van der Waals surface area contributed by atoms with Crippen LogP contribution in [0.15, 0.2) is 11.6 Å². The Hall–Kier alpha value is -0.670. The summed E-state index contributed by atoms with van der Waals surface area (Å²) in [6.07, 6.45) is 12.8. The quantitative estimate of drug-likeness (QED) is 0.450. The zero-order valence-corrected chi connectivity index (χ0v) is 22.5. The maximum Gasteiger partial charge on any atom is 0.138 e. The largest absolute Gasteiger partial charge is 0.392 e. The molecule has 0 aromatic carbocycles. The molecule has 4 aliphatic carbocycles. The number of carbonyl (C=O) groups is 1. The van der Waals surface area contributed by atoms with Crippen LogP contribution in [-0.2, 0) is 4.79 Å². The van der Waals surface area contributed by atoms with Gasteiger partial charge in [0.15, 0.2) is 0 Å². The van der Waals surface area contributed by atoms with E-state index in [0.29, 0.717) is 29.5 Å². The number of aliphatic hydroxyl groups is 2. The molecule has 0 aromatic rings. The highest BCUT2D eigenvalue weighted by molar-refractivity contribution is 5.85. The van der Waals surface area contributed by atoms with Gasteiger partial charge in [0.25, 0.3) is 0 Å². The molecule has 8 atom stereocenters. The average Bonchev–Trinajstić information content (AvgIpc) is 3.10. The summed E-state index contributed by atoms with van der Waals surface area (Å²) in [5.41, 5.74) is 0.962. The molecule has 8 unspecified atom stereocenters. The Kier molecular flexibility index (Phi) is 6.31. The third kappa shape index (κ3) is 3.62. The Bertz CT molecular complexity index is 809. The van der Waals surface area contributed by atoms with Crippen molar-refractivity contribution in [3.63, 3.8) is 0 Å². The monoisotopic (exact) mass is 458 g/mol. The number of rotatable bonds is 5. The number of allylic oxidation sites excluding steroid dienone is 1. The molecule has 0 amide bonds. The highest BCUT2D eigenvalue weighted by Gasteiger charge is 2.69. The number of hydrogen-bond acceptors (Lipinski definition) is 3. The van der Waals surface area contributed by atoms with Crippen molar-refractivity contribution in [2.24, 2.45) is 45.3 Å². The second kappa shape index (κ2) is 8.19. The molecule has 4 fully saturated rings. The molecule has 188 valence electrons. The first-order valence-corrected chi connectivity index (χ1v) is 13.8. The lowest BCUT2D eigenvalue weighted by Gasteiger charge is -2.69. The van der Waals surface area contributed by atoms with E-state index in [1.54, 1.807) is 0 Å². The third-order valence-electron chi connectivity index (χ3n) is 12.3. The minimum Gasteiger partial charge on any atom is -0.392 e. The summed E-state index contributed by atoms with van der Waals surface area (Å²) in [6.45, 7) is 16.3. The van der Waals surface area contributed by atoms with Crippen molar-refractivity contribution in [1.82, 2.24) is 0 Å². The van der Waals surface area contributed by atoms with E-state index in [1.165, 1.54) is 32.1 Å². The summed E-state index contributed by atoms with van der Waals surface area (Å²) in [6, 6.07) is 0. The molecule has 0 saturated heterocycles. The van der Waals surface area contributed by atoms with Crippen LogP contribution in [0.25, 0.3) is 0 Å². The molecule has 3 nitrogen and oxygen atoms in total. The molecule has 0 aromatic heterocycles. The summed E-state index contributed by atoms with van der Waals surface area (Å²) in [4.78, 5) is 12.9. The Morgan fingerprint density at radius 1 is 1.00 bits per heavy atom. The molecule has 4 aliphatic rings. The smallest absolute Gasteiger partial charge is 0.138 e. The summed E-state index contributed by atoms with van der Waals surface area (Å²) in [5.74, 6) is 2.60. The number of Topliss-reactive ketones (excluding diaryl/α,β-unsaturated/α-hetero) is 1.